The van der Waals surface area contributed by atoms with Crippen molar-refractivity contribution in [1.82, 2.24) is 14.9 Å². The van der Waals surface area contributed by atoms with E-state index in [2.05, 4.69) is 21.8 Å². The minimum atomic E-state index is -1.13. The lowest BCUT2D eigenvalue weighted by molar-refractivity contribution is -0.163. The number of imidazole rings is 1. The fourth-order valence-electron chi connectivity index (χ4n) is 3.87. The molecule has 2 atom stereocenters. The number of aliphatic hydroxyl groups is 1. The molecule has 0 radical (unpaired) electrons. The number of carboxylic acids is 1. The number of aryl methyl sites for hydroxylation is 1. The van der Waals surface area contributed by atoms with Gasteiger partial charge in [-0.1, -0.05) is 43.7 Å². The van der Waals surface area contributed by atoms with Crippen molar-refractivity contribution < 1.29 is 15.0 Å². The van der Waals surface area contributed by atoms with Gasteiger partial charge in [-0.25, -0.2) is 4.98 Å². The molecule has 6 nitrogen and oxygen atoms in total. The van der Waals surface area contributed by atoms with Crippen LogP contribution in [0.4, 0.5) is 0 Å². The first-order valence-electron chi connectivity index (χ1n) is 9.74. The van der Waals surface area contributed by atoms with Gasteiger partial charge in [0, 0.05) is 31.4 Å². The Balaban J connectivity index is 1.64. The third-order valence-corrected chi connectivity index (χ3v) is 5.57. The van der Waals surface area contributed by atoms with Crippen LogP contribution in [0.25, 0.3) is 0 Å². The highest BCUT2D eigenvalue weighted by molar-refractivity contribution is 5.76. The summed E-state index contributed by atoms with van der Waals surface area (Å²) in [4.78, 5) is 21.9. The topological polar surface area (TPSA) is 89.5 Å². The van der Waals surface area contributed by atoms with Gasteiger partial charge in [0.25, 0.3) is 0 Å². The third kappa shape index (κ3) is 4.57. The van der Waals surface area contributed by atoms with Crippen LogP contribution in [0, 0.1) is 5.41 Å². The zero-order chi connectivity index (χ0) is 19.3. The van der Waals surface area contributed by atoms with Gasteiger partial charge < -0.3 is 15.2 Å². The number of aromatic nitrogens is 2. The van der Waals surface area contributed by atoms with E-state index in [1.807, 2.05) is 36.5 Å². The average Bonchev–Trinajstić information content (AvgIpc) is 3.10. The van der Waals surface area contributed by atoms with Crippen molar-refractivity contribution in [2.75, 3.05) is 13.1 Å². The molecule has 146 valence electrons. The molecule has 2 heterocycles. The lowest BCUT2D eigenvalue weighted by Crippen LogP contribution is -2.55. The van der Waals surface area contributed by atoms with Crippen LogP contribution in [0.1, 0.15) is 43.3 Å². The predicted molar refractivity (Wildman–Crippen MR) is 103 cm³/mol. The number of β-amino-alcohol motifs (C(OH)–C–C–N with tert-alkyl or cyclic N) is 1. The second-order valence-corrected chi connectivity index (χ2v) is 7.58. The summed E-state index contributed by atoms with van der Waals surface area (Å²) in [5, 5.41) is 20.7. The maximum Gasteiger partial charge on any atom is 0.312 e. The molecule has 1 saturated heterocycles. The third-order valence-electron chi connectivity index (χ3n) is 5.57. The molecule has 1 fully saturated rings. The van der Waals surface area contributed by atoms with E-state index < -0.39 is 17.5 Å². The van der Waals surface area contributed by atoms with Crippen LogP contribution in [0.15, 0.2) is 36.5 Å². The van der Waals surface area contributed by atoms with E-state index >= 15 is 0 Å². The summed E-state index contributed by atoms with van der Waals surface area (Å²) < 4.78 is 0. The number of nitrogens with one attached hydrogen (secondary N) is 1. The molecular weight excluding hydrogens is 342 g/mol. The Bertz CT molecular complexity index is 746. The fraction of sp³-hybridized carbons (Fsp3) is 0.524. The summed E-state index contributed by atoms with van der Waals surface area (Å²) >= 11 is 0. The lowest BCUT2D eigenvalue weighted by Gasteiger charge is -2.42. The Morgan fingerprint density at radius 1 is 1.37 bits per heavy atom. The number of unbranched alkanes of at least 4 members (excludes halogenated alkanes) is 1. The SMILES string of the molecule is CCCCc1ncc(CN2CC[C@](Cc3ccccc3)(C(=O)O)[C@@H](O)C2)[nH]1. The first-order valence-corrected chi connectivity index (χ1v) is 9.74. The first-order chi connectivity index (χ1) is 13.0. The maximum absolute atomic E-state index is 12.1. The Morgan fingerprint density at radius 3 is 2.81 bits per heavy atom. The first kappa shape index (κ1) is 19.6. The lowest BCUT2D eigenvalue weighted by atomic mass is 9.71. The standard InChI is InChI=1S/C21H29N3O3/c1-2-3-9-19-22-13-17(23-19)14-24-11-10-21(20(26)27,18(25)15-24)12-16-7-5-4-6-8-16/h4-8,13,18,25H,2-3,9-12,14-15H2,1H3,(H,22,23)(H,26,27)/t18-,21+/m0/s1. The van der Waals surface area contributed by atoms with Gasteiger partial charge in [-0.15, -0.1) is 0 Å². The number of nitrogens with zero attached hydrogens (tertiary/aromatic N) is 2. The second-order valence-electron chi connectivity index (χ2n) is 7.58. The highest BCUT2D eigenvalue weighted by atomic mass is 16.4. The largest absolute Gasteiger partial charge is 0.481 e. The Hall–Kier alpha value is -2.18. The number of rotatable bonds is 8. The number of hydrogen-bond acceptors (Lipinski definition) is 4. The summed E-state index contributed by atoms with van der Waals surface area (Å²) in [6.45, 7) is 3.79. The van der Waals surface area contributed by atoms with E-state index in [0.29, 0.717) is 32.5 Å². The molecule has 1 aliphatic rings. The van der Waals surface area contributed by atoms with E-state index in [9.17, 15) is 15.0 Å². The molecule has 0 unspecified atom stereocenters. The van der Waals surface area contributed by atoms with Crippen molar-refractivity contribution in [3.05, 3.63) is 53.6 Å². The van der Waals surface area contributed by atoms with E-state index in [1.54, 1.807) is 0 Å². The highest BCUT2D eigenvalue weighted by Gasteiger charge is 2.48. The van der Waals surface area contributed by atoms with Crippen molar-refractivity contribution in [3.63, 3.8) is 0 Å². The summed E-state index contributed by atoms with van der Waals surface area (Å²) in [5.41, 5.74) is 0.832. The van der Waals surface area contributed by atoms with Gasteiger partial charge in [0.1, 0.15) is 11.2 Å². The number of aliphatic carboxylic acids is 1. The van der Waals surface area contributed by atoms with Gasteiger partial charge in [-0.3, -0.25) is 9.69 Å². The van der Waals surface area contributed by atoms with Crippen molar-refractivity contribution in [2.45, 2.75) is 51.7 Å². The number of carbonyl (C=O) groups is 1. The number of piperidine rings is 1. The molecule has 1 aromatic carbocycles. The molecule has 6 heteroatoms. The molecule has 2 aromatic rings. The summed E-state index contributed by atoms with van der Waals surface area (Å²) in [5.74, 6) is 0.0789. The molecule has 3 rings (SSSR count). The molecule has 0 bridgehead atoms. The molecule has 0 amide bonds. The van der Waals surface area contributed by atoms with Crippen LogP contribution in [-0.2, 0) is 24.2 Å². The van der Waals surface area contributed by atoms with Gasteiger partial charge in [-0.2, -0.15) is 0 Å². The van der Waals surface area contributed by atoms with Crippen molar-refractivity contribution in [2.24, 2.45) is 5.41 Å². The molecule has 1 aliphatic heterocycles. The molecule has 3 N–H and O–H groups in total. The van der Waals surface area contributed by atoms with E-state index in [0.717, 1.165) is 36.3 Å². The fourth-order valence-corrected chi connectivity index (χ4v) is 3.87. The van der Waals surface area contributed by atoms with Crippen molar-refractivity contribution in [1.29, 1.82) is 0 Å². The number of hydrogen-bond donors (Lipinski definition) is 3. The number of carboxylic acid groups (broad SMARTS) is 1. The molecule has 0 spiro atoms. The normalized spacial score (nSPS) is 23.4. The Morgan fingerprint density at radius 2 is 2.15 bits per heavy atom. The molecule has 0 aliphatic carbocycles. The van der Waals surface area contributed by atoms with Gasteiger partial charge in [0.2, 0.25) is 0 Å². The molecular formula is C21H29N3O3. The predicted octanol–water partition coefficient (Wildman–Crippen LogP) is 2.63. The quantitative estimate of drug-likeness (QED) is 0.664. The van der Waals surface area contributed by atoms with Crippen LogP contribution in [-0.4, -0.2) is 50.2 Å². The maximum atomic E-state index is 12.1. The number of aliphatic hydroxyl groups excluding tert-OH is 1. The van der Waals surface area contributed by atoms with E-state index in [4.69, 9.17) is 0 Å². The van der Waals surface area contributed by atoms with Crippen LogP contribution < -0.4 is 0 Å². The molecule has 27 heavy (non-hydrogen) atoms. The number of aromatic amines is 1. The van der Waals surface area contributed by atoms with Gasteiger partial charge in [-0.05, 0) is 31.4 Å². The van der Waals surface area contributed by atoms with Crippen LogP contribution in [0.3, 0.4) is 0 Å². The van der Waals surface area contributed by atoms with E-state index in [1.165, 1.54) is 0 Å². The van der Waals surface area contributed by atoms with E-state index in [-0.39, 0.29) is 0 Å². The van der Waals surface area contributed by atoms with Gasteiger partial charge in [0.05, 0.1) is 6.10 Å². The zero-order valence-electron chi connectivity index (χ0n) is 15.9. The summed E-state index contributed by atoms with van der Waals surface area (Å²) in [7, 11) is 0. The minimum Gasteiger partial charge on any atom is -0.481 e. The Kier molecular flexibility index (Phi) is 6.29. The zero-order valence-corrected chi connectivity index (χ0v) is 15.9. The summed E-state index contributed by atoms with van der Waals surface area (Å²) in [6, 6.07) is 9.56. The number of H-pyrrole nitrogens is 1. The van der Waals surface area contributed by atoms with Crippen molar-refractivity contribution in [3.8, 4) is 0 Å². The Labute approximate surface area is 160 Å². The van der Waals surface area contributed by atoms with Crippen LogP contribution in [0.5, 0.6) is 0 Å². The summed E-state index contributed by atoms with van der Waals surface area (Å²) in [6.07, 6.45) is 4.90. The molecule has 0 saturated carbocycles. The van der Waals surface area contributed by atoms with Crippen LogP contribution in [0.2, 0.25) is 0 Å². The molecule has 1 aromatic heterocycles. The average molecular weight is 371 g/mol. The number of likely N-dealkylation sites (tertiary alicyclic amines) is 1. The number of benzene rings is 1. The van der Waals surface area contributed by atoms with Crippen molar-refractivity contribution >= 4 is 5.97 Å². The highest BCUT2D eigenvalue weighted by Crippen LogP contribution is 2.36. The second kappa shape index (κ2) is 8.67. The van der Waals surface area contributed by atoms with Crippen LogP contribution >= 0.6 is 0 Å². The monoisotopic (exact) mass is 371 g/mol. The van der Waals surface area contributed by atoms with Gasteiger partial charge in [0.15, 0.2) is 0 Å². The minimum absolute atomic E-state index is 0.350. The van der Waals surface area contributed by atoms with Gasteiger partial charge >= 0.3 is 5.97 Å². The smallest absolute Gasteiger partial charge is 0.312 e.